The molecule has 1 fully saturated rings. The van der Waals surface area contributed by atoms with Gasteiger partial charge >= 0.3 is 0 Å². The highest BCUT2D eigenvalue weighted by Gasteiger charge is 2.22. The molecule has 0 heterocycles. The highest BCUT2D eigenvalue weighted by molar-refractivity contribution is 5.99. The highest BCUT2D eigenvalue weighted by Crippen LogP contribution is 2.29. The fourth-order valence-corrected chi connectivity index (χ4v) is 2.43. The zero-order valence-electron chi connectivity index (χ0n) is 11.0. The van der Waals surface area contributed by atoms with Crippen LogP contribution in [0.5, 0.6) is 5.75 Å². The highest BCUT2D eigenvalue weighted by atomic mass is 19.1. The second kappa shape index (κ2) is 5.91. The van der Waals surface area contributed by atoms with Crippen molar-refractivity contribution in [1.82, 2.24) is 0 Å². The fraction of sp³-hybridized carbons (Fsp3) is 0.500. The van der Waals surface area contributed by atoms with Crippen LogP contribution in [0.15, 0.2) is 23.4 Å². The third kappa shape index (κ3) is 3.16. The molecule has 2 rings (SSSR count). The van der Waals surface area contributed by atoms with Crippen molar-refractivity contribution in [3.8, 4) is 5.75 Å². The van der Waals surface area contributed by atoms with E-state index in [0.717, 1.165) is 31.6 Å². The van der Waals surface area contributed by atoms with Crippen molar-refractivity contribution < 1.29 is 14.3 Å². The Morgan fingerprint density at radius 1 is 1.37 bits per heavy atom. The van der Waals surface area contributed by atoms with Gasteiger partial charge < -0.3 is 15.7 Å². The van der Waals surface area contributed by atoms with E-state index in [4.69, 9.17) is 15.7 Å². The Morgan fingerprint density at radius 3 is 2.68 bits per heavy atom. The Hall–Kier alpha value is -1.78. The van der Waals surface area contributed by atoms with E-state index in [-0.39, 0.29) is 17.5 Å². The van der Waals surface area contributed by atoms with Crippen molar-refractivity contribution in [2.24, 2.45) is 16.8 Å². The minimum absolute atomic E-state index is 0.0311. The molecule has 4 nitrogen and oxygen atoms in total. The minimum Gasteiger partial charge on any atom is -0.490 e. The van der Waals surface area contributed by atoms with Gasteiger partial charge in [-0.25, -0.2) is 4.39 Å². The Labute approximate surface area is 112 Å². The van der Waals surface area contributed by atoms with E-state index < -0.39 is 5.82 Å². The van der Waals surface area contributed by atoms with Gasteiger partial charge in [-0.3, -0.25) is 0 Å². The van der Waals surface area contributed by atoms with Gasteiger partial charge in [-0.05, 0) is 43.7 Å². The van der Waals surface area contributed by atoms with E-state index in [1.54, 1.807) is 12.1 Å². The lowest BCUT2D eigenvalue weighted by Gasteiger charge is -2.27. The van der Waals surface area contributed by atoms with Gasteiger partial charge in [0.15, 0.2) is 5.84 Å². The summed E-state index contributed by atoms with van der Waals surface area (Å²) in [7, 11) is 0. The molecular formula is C14H19FN2O2. The van der Waals surface area contributed by atoms with Crippen LogP contribution in [0.3, 0.4) is 0 Å². The molecule has 19 heavy (non-hydrogen) atoms. The molecular weight excluding hydrogens is 247 g/mol. The first-order chi connectivity index (χ1) is 9.11. The smallest absolute Gasteiger partial charge is 0.176 e. The summed E-state index contributed by atoms with van der Waals surface area (Å²) in [5.41, 5.74) is 5.53. The van der Waals surface area contributed by atoms with Crippen LogP contribution in [-0.2, 0) is 0 Å². The molecule has 1 aliphatic carbocycles. The molecule has 0 aromatic heterocycles. The number of hydrogen-bond donors (Lipinski definition) is 2. The van der Waals surface area contributed by atoms with Gasteiger partial charge in [0, 0.05) is 0 Å². The maximum Gasteiger partial charge on any atom is 0.176 e. The van der Waals surface area contributed by atoms with Crippen LogP contribution in [0.25, 0.3) is 0 Å². The lowest BCUT2D eigenvalue weighted by molar-refractivity contribution is 0.135. The standard InChI is InChI=1S/C14H19FN2O2/c1-9-5-7-10(8-6-9)19-12-4-2-3-11(15)13(12)14(16)17-18/h2-4,9-10,18H,5-8H2,1H3,(H2,16,17). The summed E-state index contributed by atoms with van der Waals surface area (Å²) in [6.45, 7) is 2.22. The van der Waals surface area contributed by atoms with E-state index in [1.165, 1.54) is 6.07 Å². The number of ether oxygens (including phenoxy) is 1. The average Bonchev–Trinajstić information content (AvgIpc) is 2.41. The Morgan fingerprint density at radius 2 is 2.05 bits per heavy atom. The van der Waals surface area contributed by atoms with Crippen LogP contribution in [0.4, 0.5) is 4.39 Å². The van der Waals surface area contributed by atoms with Crippen LogP contribution in [0.1, 0.15) is 38.2 Å². The summed E-state index contributed by atoms with van der Waals surface area (Å²) in [6.07, 6.45) is 4.20. The molecule has 1 aromatic carbocycles. The SMILES string of the molecule is CC1CCC(Oc2cccc(F)c2C(N)=NO)CC1. The fourth-order valence-electron chi connectivity index (χ4n) is 2.43. The molecule has 0 spiro atoms. The summed E-state index contributed by atoms with van der Waals surface area (Å²) in [4.78, 5) is 0. The average molecular weight is 266 g/mol. The van der Waals surface area contributed by atoms with Gasteiger partial charge in [0.1, 0.15) is 11.6 Å². The van der Waals surface area contributed by atoms with Gasteiger partial charge in [0.25, 0.3) is 0 Å². The van der Waals surface area contributed by atoms with Gasteiger partial charge in [-0.2, -0.15) is 0 Å². The summed E-state index contributed by atoms with van der Waals surface area (Å²) < 4.78 is 19.6. The first kappa shape index (κ1) is 13.6. The molecule has 1 aliphatic rings. The number of rotatable bonds is 3. The molecule has 1 saturated carbocycles. The minimum atomic E-state index is -0.544. The third-order valence-electron chi connectivity index (χ3n) is 3.60. The normalized spacial score (nSPS) is 24.2. The summed E-state index contributed by atoms with van der Waals surface area (Å²) in [6, 6.07) is 4.47. The van der Waals surface area contributed by atoms with E-state index in [2.05, 4.69) is 12.1 Å². The van der Waals surface area contributed by atoms with Crippen molar-refractivity contribution >= 4 is 5.84 Å². The quantitative estimate of drug-likeness (QED) is 0.382. The number of nitrogens with zero attached hydrogens (tertiary/aromatic N) is 1. The zero-order chi connectivity index (χ0) is 13.8. The molecule has 104 valence electrons. The second-order valence-corrected chi connectivity index (χ2v) is 5.10. The van der Waals surface area contributed by atoms with Gasteiger partial charge in [0.05, 0.1) is 11.7 Å². The third-order valence-corrected chi connectivity index (χ3v) is 3.60. The molecule has 5 heteroatoms. The van der Waals surface area contributed by atoms with Crippen LogP contribution in [0.2, 0.25) is 0 Å². The molecule has 0 aliphatic heterocycles. The number of benzene rings is 1. The predicted molar refractivity (Wildman–Crippen MR) is 71.0 cm³/mol. The summed E-state index contributed by atoms with van der Waals surface area (Å²) >= 11 is 0. The Kier molecular flexibility index (Phi) is 4.24. The van der Waals surface area contributed by atoms with Gasteiger partial charge in [0.2, 0.25) is 0 Å². The van der Waals surface area contributed by atoms with Crippen LogP contribution >= 0.6 is 0 Å². The van der Waals surface area contributed by atoms with Crippen molar-refractivity contribution in [3.63, 3.8) is 0 Å². The number of oxime groups is 1. The topological polar surface area (TPSA) is 67.8 Å². The number of hydrogen-bond acceptors (Lipinski definition) is 3. The molecule has 3 N–H and O–H groups in total. The molecule has 0 unspecified atom stereocenters. The Balaban J connectivity index is 2.18. The van der Waals surface area contributed by atoms with Crippen molar-refractivity contribution in [2.75, 3.05) is 0 Å². The Bertz CT molecular complexity index is 469. The zero-order valence-corrected chi connectivity index (χ0v) is 11.0. The van der Waals surface area contributed by atoms with Crippen LogP contribution in [0, 0.1) is 11.7 Å². The predicted octanol–water partition coefficient (Wildman–Crippen LogP) is 2.88. The number of nitrogens with two attached hydrogens (primary N) is 1. The van der Waals surface area contributed by atoms with Gasteiger partial charge in [-0.15, -0.1) is 0 Å². The first-order valence-electron chi connectivity index (χ1n) is 6.55. The van der Waals surface area contributed by atoms with Gasteiger partial charge in [-0.1, -0.05) is 18.1 Å². The van der Waals surface area contributed by atoms with E-state index >= 15 is 0 Å². The maximum atomic E-state index is 13.8. The maximum absolute atomic E-state index is 13.8. The molecule has 1 aromatic rings. The molecule has 0 amide bonds. The molecule has 0 atom stereocenters. The monoisotopic (exact) mass is 266 g/mol. The van der Waals surface area contributed by atoms with E-state index in [1.807, 2.05) is 0 Å². The summed E-state index contributed by atoms with van der Waals surface area (Å²) in [5.74, 6) is 0.250. The molecule has 0 radical (unpaired) electrons. The van der Waals surface area contributed by atoms with Crippen molar-refractivity contribution in [1.29, 1.82) is 0 Å². The largest absolute Gasteiger partial charge is 0.490 e. The summed E-state index contributed by atoms with van der Waals surface area (Å²) in [5, 5.41) is 11.6. The van der Waals surface area contributed by atoms with Crippen LogP contribution in [-0.4, -0.2) is 17.1 Å². The van der Waals surface area contributed by atoms with E-state index in [0.29, 0.717) is 5.75 Å². The lowest BCUT2D eigenvalue weighted by Crippen LogP contribution is -2.25. The lowest BCUT2D eigenvalue weighted by atomic mass is 9.89. The first-order valence-corrected chi connectivity index (χ1v) is 6.55. The molecule has 0 bridgehead atoms. The number of amidine groups is 1. The second-order valence-electron chi connectivity index (χ2n) is 5.10. The van der Waals surface area contributed by atoms with Crippen molar-refractivity contribution in [2.45, 2.75) is 38.7 Å². The van der Waals surface area contributed by atoms with Crippen molar-refractivity contribution in [3.05, 3.63) is 29.6 Å². The van der Waals surface area contributed by atoms with E-state index in [9.17, 15) is 4.39 Å². The molecule has 0 saturated heterocycles. The van der Waals surface area contributed by atoms with Crippen LogP contribution < -0.4 is 10.5 Å². The number of halogens is 1.